The molecule has 0 amide bonds. The largest absolute Gasteiger partial charge is 0.379 e. The SMILES string of the molecule is COC[C@@H](C)[NH2+]Cc1ccccc1F. The van der Waals surface area contributed by atoms with Crippen LogP contribution in [0.5, 0.6) is 0 Å². The van der Waals surface area contributed by atoms with Gasteiger partial charge in [-0.3, -0.25) is 0 Å². The van der Waals surface area contributed by atoms with E-state index in [1.165, 1.54) is 6.07 Å². The van der Waals surface area contributed by atoms with Crippen molar-refractivity contribution in [3.63, 3.8) is 0 Å². The summed E-state index contributed by atoms with van der Waals surface area (Å²) in [5.74, 6) is -0.131. The van der Waals surface area contributed by atoms with Crippen molar-refractivity contribution >= 4 is 0 Å². The van der Waals surface area contributed by atoms with Crippen molar-refractivity contribution in [3.05, 3.63) is 35.6 Å². The maximum Gasteiger partial charge on any atom is 0.132 e. The van der Waals surface area contributed by atoms with E-state index in [4.69, 9.17) is 4.74 Å². The van der Waals surface area contributed by atoms with Crippen LogP contribution >= 0.6 is 0 Å². The molecule has 2 N–H and O–H groups in total. The Morgan fingerprint density at radius 1 is 1.43 bits per heavy atom. The lowest BCUT2D eigenvalue weighted by Crippen LogP contribution is -2.88. The first-order valence-corrected chi connectivity index (χ1v) is 4.79. The summed E-state index contributed by atoms with van der Waals surface area (Å²) in [5.41, 5.74) is 0.746. The van der Waals surface area contributed by atoms with Gasteiger partial charge < -0.3 is 10.1 Å². The van der Waals surface area contributed by atoms with Crippen LogP contribution in [-0.4, -0.2) is 19.8 Å². The van der Waals surface area contributed by atoms with E-state index in [1.807, 2.05) is 12.1 Å². The Bertz CT molecular complexity index is 278. The maximum atomic E-state index is 13.2. The minimum absolute atomic E-state index is 0.131. The number of rotatable bonds is 5. The monoisotopic (exact) mass is 198 g/mol. The van der Waals surface area contributed by atoms with E-state index >= 15 is 0 Å². The van der Waals surface area contributed by atoms with Crippen LogP contribution in [0.25, 0.3) is 0 Å². The molecule has 0 saturated heterocycles. The number of methoxy groups -OCH3 is 1. The van der Waals surface area contributed by atoms with Crippen LogP contribution in [0.4, 0.5) is 4.39 Å². The lowest BCUT2D eigenvalue weighted by molar-refractivity contribution is -0.703. The second kappa shape index (κ2) is 5.73. The van der Waals surface area contributed by atoms with Gasteiger partial charge in [0.25, 0.3) is 0 Å². The summed E-state index contributed by atoms with van der Waals surface area (Å²) in [6.45, 7) is 3.41. The highest BCUT2D eigenvalue weighted by atomic mass is 19.1. The van der Waals surface area contributed by atoms with E-state index in [0.29, 0.717) is 19.2 Å². The third-order valence-electron chi connectivity index (χ3n) is 2.13. The average Bonchev–Trinajstić information content (AvgIpc) is 2.17. The second-order valence-electron chi connectivity index (χ2n) is 3.46. The smallest absolute Gasteiger partial charge is 0.132 e. The first-order chi connectivity index (χ1) is 6.74. The quantitative estimate of drug-likeness (QED) is 0.748. The van der Waals surface area contributed by atoms with Gasteiger partial charge in [-0.2, -0.15) is 0 Å². The molecule has 14 heavy (non-hydrogen) atoms. The molecule has 1 atom stereocenters. The van der Waals surface area contributed by atoms with Gasteiger partial charge in [0, 0.05) is 12.7 Å². The molecule has 0 spiro atoms. The van der Waals surface area contributed by atoms with Crippen molar-refractivity contribution in [2.45, 2.75) is 19.5 Å². The summed E-state index contributed by atoms with van der Waals surface area (Å²) in [6.07, 6.45) is 0. The number of hydrogen-bond acceptors (Lipinski definition) is 1. The van der Waals surface area contributed by atoms with Crippen LogP contribution in [0.15, 0.2) is 24.3 Å². The number of halogens is 1. The fourth-order valence-corrected chi connectivity index (χ4v) is 1.32. The molecule has 0 heterocycles. The molecule has 0 aromatic heterocycles. The Kier molecular flexibility index (Phi) is 4.56. The van der Waals surface area contributed by atoms with Gasteiger partial charge in [-0.1, -0.05) is 18.2 Å². The Balaban J connectivity index is 2.41. The van der Waals surface area contributed by atoms with Crippen molar-refractivity contribution in [1.82, 2.24) is 0 Å². The standard InChI is InChI=1S/C11H16FNO/c1-9(8-14-2)13-7-10-5-3-4-6-11(10)12/h3-6,9,13H,7-8H2,1-2H3/p+1/t9-/m1/s1. The minimum atomic E-state index is -0.131. The first kappa shape index (κ1) is 11.1. The van der Waals surface area contributed by atoms with Gasteiger partial charge in [0.15, 0.2) is 0 Å². The predicted octanol–water partition coefficient (Wildman–Crippen LogP) is 0.924. The topological polar surface area (TPSA) is 25.8 Å². The van der Waals surface area contributed by atoms with Crippen LogP contribution in [0, 0.1) is 5.82 Å². The van der Waals surface area contributed by atoms with E-state index in [9.17, 15) is 4.39 Å². The fourth-order valence-electron chi connectivity index (χ4n) is 1.32. The van der Waals surface area contributed by atoms with E-state index in [2.05, 4.69) is 12.2 Å². The van der Waals surface area contributed by atoms with Crippen molar-refractivity contribution < 1.29 is 14.4 Å². The van der Waals surface area contributed by atoms with Crippen LogP contribution in [0.2, 0.25) is 0 Å². The molecule has 0 saturated carbocycles. The number of nitrogens with two attached hydrogens (primary N) is 1. The highest BCUT2D eigenvalue weighted by molar-refractivity contribution is 5.15. The van der Waals surface area contributed by atoms with Crippen molar-refractivity contribution in [2.75, 3.05) is 13.7 Å². The summed E-state index contributed by atoms with van der Waals surface area (Å²) >= 11 is 0. The lowest BCUT2D eigenvalue weighted by atomic mass is 10.2. The molecule has 0 bridgehead atoms. The van der Waals surface area contributed by atoms with Crippen LogP contribution < -0.4 is 5.32 Å². The Labute approximate surface area is 84.1 Å². The zero-order valence-electron chi connectivity index (χ0n) is 8.66. The zero-order valence-corrected chi connectivity index (χ0v) is 8.66. The molecule has 2 nitrogen and oxygen atoms in total. The summed E-state index contributed by atoms with van der Waals surface area (Å²) in [7, 11) is 1.67. The van der Waals surface area contributed by atoms with Crippen molar-refractivity contribution in [1.29, 1.82) is 0 Å². The molecule has 1 aromatic carbocycles. The molecule has 0 fully saturated rings. The molecule has 1 aromatic rings. The lowest BCUT2D eigenvalue weighted by Gasteiger charge is -2.09. The zero-order chi connectivity index (χ0) is 10.4. The summed E-state index contributed by atoms with van der Waals surface area (Å²) in [6, 6.07) is 7.22. The molecule has 1 rings (SSSR count). The molecule has 3 heteroatoms. The van der Waals surface area contributed by atoms with Gasteiger partial charge in [0.1, 0.15) is 18.4 Å². The Morgan fingerprint density at radius 3 is 2.79 bits per heavy atom. The number of benzene rings is 1. The van der Waals surface area contributed by atoms with Gasteiger partial charge in [-0.05, 0) is 13.0 Å². The van der Waals surface area contributed by atoms with Crippen molar-refractivity contribution in [3.8, 4) is 0 Å². The normalized spacial score (nSPS) is 12.8. The Morgan fingerprint density at radius 2 is 2.14 bits per heavy atom. The molecular formula is C11H17FNO+. The predicted molar refractivity (Wildman–Crippen MR) is 53.4 cm³/mol. The molecule has 0 aliphatic heterocycles. The van der Waals surface area contributed by atoms with E-state index in [1.54, 1.807) is 13.2 Å². The molecule has 78 valence electrons. The Hall–Kier alpha value is -0.930. The van der Waals surface area contributed by atoms with Crippen molar-refractivity contribution in [2.24, 2.45) is 0 Å². The van der Waals surface area contributed by atoms with E-state index in [-0.39, 0.29) is 5.82 Å². The molecule has 0 aliphatic carbocycles. The number of quaternary nitrogens is 1. The van der Waals surface area contributed by atoms with Gasteiger partial charge in [0.05, 0.1) is 6.61 Å². The van der Waals surface area contributed by atoms with Crippen LogP contribution in [-0.2, 0) is 11.3 Å². The van der Waals surface area contributed by atoms with Crippen LogP contribution in [0.3, 0.4) is 0 Å². The maximum absolute atomic E-state index is 13.2. The van der Waals surface area contributed by atoms with E-state index < -0.39 is 0 Å². The van der Waals surface area contributed by atoms with Gasteiger partial charge >= 0.3 is 0 Å². The summed E-state index contributed by atoms with van der Waals surface area (Å²) < 4.78 is 18.2. The number of ether oxygens (including phenoxy) is 1. The summed E-state index contributed by atoms with van der Waals surface area (Å²) in [5, 5.41) is 2.07. The first-order valence-electron chi connectivity index (χ1n) is 4.79. The van der Waals surface area contributed by atoms with Gasteiger partial charge in [-0.15, -0.1) is 0 Å². The van der Waals surface area contributed by atoms with Gasteiger partial charge in [-0.25, -0.2) is 4.39 Å². The molecule has 0 aliphatic rings. The second-order valence-corrected chi connectivity index (χ2v) is 3.46. The number of hydrogen-bond donors (Lipinski definition) is 1. The summed E-state index contributed by atoms with van der Waals surface area (Å²) in [4.78, 5) is 0. The molecular weight excluding hydrogens is 181 g/mol. The highest BCUT2D eigenvalue weighted by Gasteiger charge is 2.06. The molecule has 0 radical (unpaired) electrons. The average molecular weight is 198 g/mol. The third-order valence-corrected chi connectivity index (χ3v) is 2.13. The van der Waals surface area contributed by atoms with Crippen LogP contribution in [0.1, 0.15) is 12.5 Å². The van der Waals surface area contributed by atoms with E-state index in [0.717, 1.165) is 5.56 Å². The third kappa shape index (κ3) is 3.44. The minimum Gasteiger partial charge on any atom is -0.379 e. The molecule has 0 unspecified atom stereocenters. The highest BCUT2D eigenvalue weighted by Crippen LogP contribution is 2.03. The van der Waals surface area contributed by atoms with Gasteiger partial charge in [0.2, 0.25) is 0 Å². The fraction of sp³-hybridized carbons (Fsp3) is 0.455.